The Kier molecular flexibility index (Phi) is 7.46. The highest BCUT2D eigenvalue weighted by molar-refractivity contribution is 5.97. The number of rotatable bonds is 8. The van der Waals surface area contributed by atoms with Crippen LogP contribution >= 0.6 is 0 Å². The molecule has 0 heterocycles. The Hall–Kier alpha value is -2.09. The van der Waals surface area contributed by atoms with Gasteiger partial charge in [0.2, 0.25) is 0 Å². The van der Waals surface area contributed by atoms with Gasteiger partial charge in [-0.1, -0.05) is 79.7 Å². The van der Waals surface area contributed by atoms with Crippen LogP contribution in [0.4, 0.5) is 0 Å². The van der Waals surface area contributed by atoms with Crippen molar-refractivity contribution in [1.82, 2.24) is 0 Å². The summed E-state index contributed by atoms with van der Waals surface area (Å²) in [5.41, 5.74) is 5.50. The molecule has 28 heavy (non-hydrogen) atoms. The second kappa shape index (κ2) is 9.41. The third-order valence-corrected chi connectivity index (χ3v) is 5.30. The van der Waals surface area contributed by atoms with E-state index in [9.17, 15) is 4.79 Å². The van der Waals surface area contributed by atoms with E-state index in [0.29, 0.717) is 23.7 Å². The molecule has 0 atom stereocenters. The predicted molar refractivity (Wildman–Crippen MR) is 119 cm³/mol. The third kappa shape index (κ3) is 5.25. The molecule has 0 radical (unpaired) electrons. The van der Waals surface area contributed by atoms with E-state index >= 15 is 0 Å². The van der Waals surface area contributed by atoms with Crippen molar-refractivity contribution in [1.29, 1.82) is 0 Å². The molecule has 0 aliphatic heterocycles. The second-order valence-electron chi connectivity index (χ2n) is 8.98. The van der Waals surface area contributed by atoms with Crippen LogP contribution < -0.4 is 4.74 Å². The number of ketones is 1. The van der Waals surface area contributed by atoms with Crippen molar-refractivity contribution in [3.63, 3.8) is 0 Å². The molecule has 0 unspecified atom stereocenters. The van der Waals surface area contributed by atoms with Crippen LogP contribution in [0.1, 0.15) is 112 Å². The maximum absolute atomic E-state index is 13.0. The Morgan fingerprint density at radius 2 is 1.21 bits per heavy atom. The van der Waals surface area contributed by atoms with E-state index in [1.165, 1.54) is 11.1 Å². The van der Waals surface area contributed by atoms with Gasteiger partial charge in [-0.2, -0.15) is 0 Å². The fourth-order valence-electron chi connectivity index (χ4n) is 3.37. The lowest BCUT2D eigenvalue weighted by Gasteiger charge is -2.20. The van der Waals surface area contributed by atoms with Crippen LogP contribution in [0.5, 0.6) is 5.75 Å². The fraction of sp³-hybridized carbons (Fsp3) is 0.500. The Bertz CT molecular complexity index is 761. The van der Waals surface area contributed by atoms with Crippen molar-refractivity contribution in [3.8, 4) is 5.75 Å². The molecular weight excluding hydrogens is 344 g/mol. The molecule has 0 bridgehead atoms. The summed E-state index contributed by atoms with van der Waals surface area (Å²) in [5, 5.41) is 0. The highest BCUT2D eigenvalue weighted by atomic mass is 16.5. The highest BCUT2D eigenvalue weighted by Crippen LogP contribution is 2.34. The molecule has 0 amide bonds. The Labute approximate surface area is 171 Å². The molecule has 152 valence electrons. The van der Waals surface area contributed by atoms with Crippen molar-refractivity contribution in [2.75, 3.05) is 6.61 Å². The number of carbonyl (C=O) groups is 1. The van der Waals surface area contributed by atoms with Gasteiger partial charge in [-0.05, 0) is 58.1 Å². The maximum Gasteiger partial charge on any atom is 0.200 e. The van der Waals surface area contributed by atoms with Gasteiger partial charge in [-0.3, -0.25) is 4.79 Å². The summed E-state index contributed by atoms with van der Waals surface area (Å²) in [6, 6.07) is 12.6. The zero-order valence-electron chi connectivity index (χ0n) is 18.8. The van der Waals surface area contributed by atoms with Gasteiger partial charge in [0, 0.05) is 5.56 Å². The zero-order valence-corrected chi connectivity index (χ0v) is 18.8. The normalized spacial score (nSPS) is 11.7. The second-order valence-corrected chi connectivity index (χ2v) is 8.98. The predicted octanol–water partition coefficient (Wildman–Crippen LogP) is 7.44. The van der Waals surface area contributed by atoms with E-state index in [1.807, 2.05) is 12.1 Å². The van der Waals surface area contributed by atoms with Gasteiger partial charge in [0.05, 0.1) is 0 Å². The number of hydrogen-bond acceptors (Lipinski definition) is 2. The molecule has 2 rings (SSSR count). The molecule has 0 aliphatic rings. The molecular formula is C26H36O2. The summed E-state index contributed by atoms with van der Waals surface area (Å²) >= 11 is 0. The van der Waals surface area contributed by atoms with Crippen LogP contribution in [0.15, 0.2) is 36.4 Å². The number of benzene rings is 2. The standard InChI is InChI=1S/C26H36O2/c1-16(2)20-12-21(17(3)4)14-22(13-20)25(27)15-28-26-23(18(5)6)10-9-11-24(26)19(7)8/h9-14,16-19H,15H2,1-8H3. The summed E-state index contributed by atoms with van der Waals surface area (Å²) in [6.45, 7) is 17.4. The van der Waals surface area contributed by atoms with E-state index in [0.717, 1.165) is 22.4 Å². The largest absolute Gasteiger partial charge is 0.485 e. The van der Waals surface area contributed by atoms with E-state index < -0.39 is 0 Å². The van der Waals surface area contributed by atoms with Gasteiger partial charge >= 0.3 is 0 Å². The van der Waals surface area contributed by atoms with E-state index in [-0.39, 0.29) is 12.4 Å². The Balaban J connectivity index is 2.32. The van der Waals surface area contributed by atoms with Gasteiger partial charge < -0.3 is 4.74 Å². The summed E-state index contributed by atoms with van der Waals surface area (Å²) < 4.78 is 6.16. The van der Waals surface area contributed by atoms with Gasteiger partial charge in [0.15, 0.2) is 12.4 Å². The molecule has 2 nitrogen and oxygen atoms in total. The first-order valence-electron chi connectivity index (χ1n) is 10.6. The van der Waals surface area contributed by atoms with Crippen molar-refractivity contribution in [2.24, 2.45) is 0 Å². The maximum atomic E-state index is 13.0. The number of para-hydroxylation sites is 1. The minimum Gasteiger partial charge on any atom is -0.485 e. The molecule has 0 aromatic heterocycles. The van der Waals surface area contributed by atoms with Crippen LogP contribution in [0.3, 0.4) is 0 Å². The Morgan fingerprint density at radius 1 is 0.750 bits per heavy atom. The minimum absolute atomic E-state index is 0.0395. The smallest absolute Gasteiger partial charge is 0.200 e. The van der Waals surface area contributed by atoms with E-state index in [1.54, 1.807) is 0 Å². The van der Waals surface area contributed by atoms with Gasteiger partial charge in [0.1, 0.15) is 5.75 Å². The third-order valence-electron chi connectivity index (χ3n) is 5.30. The van der Waals surface area contributed by atoms with E-state index in [4.69, 9.17) is 4.74 Å². The number of carbonyl (C=O) groups excluding carboxylic acids is 1. The molecule has 0 saturated heterocycles. The zero-order chi connectivity index (χ0) is 21.0. The van der Waals surface area contributed by atoms with Crippen LogP contribution in [0.2, 0.25) is 0 Å². The van der Waals surface area contributed by atoms with Crippen LogP contribution in [0, 0.1) is 0 Å². The van der Waals surface area contributed by atoms with E-state index in [2.05, 4.69) is 79.7 Å². The van der Waals surface area contributed by atoms with Crippen molar-refractivity contribution in [2.45, 2.75) is 79.1 Å². The summed E-state index contributed by atoms with van der Waals surface area (Å²) in [4.78, 5) is 13.0. The van der Waals surface area contributed by atoms with Gasteiger partial charge in [0.25, 0.3) is 0 Å². The topological polar surface area (TPSA) is 26.3 Å². The number of Topliss-reactive ketones (excluding diaryl/α,β-unsaturated/α-hetero) is 1. The fourth-order valence-corrected chi connectivity index (χ4v) is 3.37. The SMILES string of the molecule is CC(C)c1cc(C(=O)COc2c(C(C)C)cccc2C(C)C)cc(C(C)C)c1. The molecule has 0 fully saturated rings. The average molecular weight is 381 g/mol. The molecule has 0 N–H and O–H groups in total. The number of hydrogen-bond donors (Lipinski definition) is 0. The van der Waals surface area contributed by atoms with Crippen LogP contribution in [-0.2, 0) is 0 Å². The van der Waals surface area contributed by atoms with Crippen molar-refractivity contribution < 1.29 is 9.53 Å². The molecule has 0 spiro atoms. The summed E-state index contributed by atoms with van der Waals surface area (Å²) in [6.07, 6.45) is 0. The molecule has 2 aromatic rings. The number of ether oxygens (including phenoxy) is 1. The molecule has 0 saturated carbocycles. The van der Waals surface area contributed by atoms with Crippen LogP contribution in [0.25, 0.3) is 0 Å². The first-order valence-corrected chi connectivity index (χ1v) is 10.6. The monoisotopic (exact) mass is 380 g/mol. The summed E-state index contributed by atoms with van der Waals surface area (Å²) in [5.74, 6) is 2.39. The highest BCUT2D eigenvalue weighted by Gasteiger charge is 2.18. The molecule has 0 aliphatic carbocycles. The lowest BCUT2D eigenvalue weighted by atomic mass is 9.92. The molecule has 2 aromatic carbocycles. The van der Waals surface area contributed by atoms with Crippen molar-refractivity contribution in [3.05, 3.63) is 64.2 Å². The van der Waals surface area contributed by atoms with Crippen molar-refractivity contribution >= 4 is 5.78 Å². The first-order chi connectivity index (χ1) is 13.1. The van der Waals surface area contributed by atoms with Gasteiger partial charge in [-0.25, -0.2) is 0 Å². The quantitative estimate of drug-likeness (QED) is 0.445. The first kappa shape index (κ1) is 22.2. The minimum atomic E-state index is 0.0395. The van der Waals surface area contributed by atoms with Gasteiger partial charge in [-0.15, -0.1) is 0 Å². The molecule has 2 heteroatoms. The Morgan fingerprint density at radius 3 is 1.61 bits per heavy atom. The lowest BCUT2D eigenvalue weighted by Crippen LogP contribution is -2.15. The average Bonchev–Trinajstić information content (AvgIpc) is 2.64. The summed E-state index contributed by atoms with van der Waals surface area (Å²) in [7, 11) is 0. The van der Waals surface area contributed by atoms with Crippen LogP contribution in [-0.4, -0.2) is 12.4 Å². The lowest BCUT2D eigenvalue weighted by molar-refractivity contribution is 0.0919.